The van der Waals surface area contributed by atoms with E-state index >= 15 is 0 Å². The molecule has 4 nitrogen and oxygen atoms in total. The van der Waals surface area contributed by atoms with Crippen LogP contribution in [0.3, 0.4) is 0 Å². The Morgan fingerprint density at radius 1 is 0.519 bits per heavy atom. The number of rotatable bonds is 7. The summed E-state index contributed by atoms with van der Waals surface area (Å²) in [7, 11) is 6.33. The summed E-state index contributed by atoms with van der Waals surface area (Å²) in [4.78, 5) is 3.43. The van der Waals surface area contributed by atoms with Crippen molar-refractivity contribution in [3.63, 3.8) is 0 Å². The highest BCUT2D eigenvalue weighted by molar-refractivity contribution is 7.97. The van der Waals surface area contributed by atoms with Crippen LogP contribution in [0.1, 0.15) is 0 Å². The molecule has 0 amide bonds. The number of benzene rings is 3. The maximum absolute atomic E-state index is 5.68. The van der Waals surface area contributed by atoms with Crippen LogP contribution in [0.25, 0.3) is 0 Å². The highest BCUT2D eigenvalue weighted by Gasteiger charge is 2.32. The summed E-state index contributed by atoms with van der Waals surface area (Å²) in [6, 6.07) is 22.2. The molecule has 0 aliphatic rings. The normalized spacial score (nSPS) is 10.6. The van der Waals surface area contributed by atoms with E-state index < -0.39 is 0 Å². The van der Waals surface area contributed by atoms with Crippen LogP contribution in [0.4, 0.5) is 0 Å². The van der Waals surface area contributed by atoms with Gasteiger partial charge in [0.1, 0.15) is 28.1 Å². The summed E-state index contributed by atoms with van der Waals surface area (Å²) in [5.41, 5.74) is 0. The second-order valence-electron chi connectivity index (χ2n) is 5.67. The predicted octanol–water partition coefficient (Wildman–Crippen LogP) is 4.82. The van der Waals surface area contributed by atoms with Crippen molar-refractivity contribution in [1.82, 2.24) is 0 Å². The lowest BCUT2D eigenvalue weighted by molar-refractivity contribution is 0.387. The summed E-state index contributed by atoms with van der Waals surface area (Å²) in [5, 5.41) is 0. The third-order valence-electron chi connectivity index (χ3n) is 4.18. The molecule has 0 aromatic heterocycles. The number of hydrogen-bond donors (Lipinski definition) is 0. The monoisotopic (exact) mass is 383 g/mol. The molecule has 0 saturated heterocycles. The van der Waals surface area contributed by atoms with Crippen molar-refractivity contribution in [1.29, 1.82) is 0 Å². The Balaban J connectivity index is 2.14. The van der Waals surface area contributed by atoms with Crippen LogP contribution in [-0.4, -0.2) is 28.4 Å². The molecule has 0 atom stereocenters. The van der Waals surface area contributed by atoms with Gasteiger partial charge in [-0.25, -0.2) is 0 Å². The average molecular weight is 383 g/mol. The molecule has 3 aromatic rings. The second kappa shape index (κ2) is 8.73. The molecule has 0 unspecified atom stereocenters. The minimum atomic E-state index is -0.348. The molecule has 140 valence electrons. The van der Waals surface area contributed by atoms with Gasteiger partial charge in [0.05, 0.1) is 28.4 Å². The minimum Gasteiger partial charge on any atom is -0.497 e. The lowest BCUT2D eigenvalue weighted by atomic mass is 10.3. The van der Waals surface area contributed by atoms with Crippen LogP contribution in [0.5, 0.6) is 23.0 Å². The Labute approximate surface area is 163 Å². The topological polar surface area (TPSA) is 36.9 Å². The first-order chi connectivity index (χ1) is 13.2. The number of hydrogen-bond acceptors (Lipinski definition) is 4. The van der Waals surface area contributed by atoms with Gasteiger partial charge in [0.15, 0.2) is 15.5 Å². The van der Waals surface area contributed by atoms with Crippen LogP contribution in [-0.2, 0) is 10.9 Å². The molecule has 0 bridgehead atoms. The van der Waals surface area contributed by atoms with Gasteiger partial charge < -0.3 is 18.9 Å². The van der Waals surface area contributed by atoms with E-state index in [0.29, 0.717) is 0 Å². The van der Waals surface area contributed by atoms with Gasteiger partial charge in [0.25, 0.3) is 0 Å². The van der Waals surface area contributed by atoms with E-state index in [1.54, 1.807) is 28.4 Å². The average Bonchev–Trinajstić information content (AvgIpc) is 2.75. The molecule has 3 rings (SSSR count). The Morgan fingerprint density at radius 2 is 0.963 bits per heavy atom. The fourth-order valence-electron chi connectivity index (χ4n) is 2.76. The van der Waals surface area contributed by atoms with Crippen LogP contribution in [0.15, 0.2) is 81.4 Å². The summed E-state index contributed by atoms with van der Waals surface area (Å²) < 4.78 is 21.7. The summed E-state index contributed by atoms with van der Waals surface area (Å²) in [6.45, 7) is 0. The highest BCUT2D eigenvalue weighted by atomic mass is 32.2. The van der Waals surface area contributed by atoms with E-state index in [-0.39, 0.29) is 10.9 Å². The summed E-state index contributed by atoms with van der Waals surface area (Å²) in [6.07, 6.45) is 0. The lowest BCUT2D eigenvalue weighted by Gasteiger charge is -2.13. The first kappa shape index (κ1) is 19.0. The first-order valence-corrected chi connectivity index (χ1v) is 9.67. The van der Waals surface area contributed by atoms with E-state index in [1.165, 1.54) is 9.79 Å². The molecule has 0 saturated carbocycles. The fourth-order valence-corrected chi connectivity index (χ4v) is 4.90. The van der Waals surface area contributed by atoms with E-state index in [1.807, 2.05) is 36.4 Å². The zero-order valence-electron chi connectivity index (χ0n) is 15.9. The van der Waals surface area contributed by atoms with Crippen LogP contribution in [0, 0.1) is 0 Å². The molecular weight excluding hydrogens is 360 g/mol. The van der Waals surface area contributed by atoms with E-state index in [2.05, 4.69) is 30.3 Å². The van der Waals surface area contributed by atoms with Crippen molar-refractivity contribution in [2.45, 2.75) is 14.7 Å². The molecular formula is C22H23O4S+. The molecule has 0 aliphatic heterocycles. The third kappa shape index (κ3) is 4.14. The molecule has 3 aromatic carbocycles. The van der Waals surface area contributed by atoms with E-state index in [4.69, 9.17) is 18.9 Å². The highest BCUT2D eigenvalue weighted by Crippen LogP contribution is 2.39. The molecule has 0 N–H and O–H groups in total. The van der Waals surface area contributed by atoms with Crippen molar-refractivity contribution in [2.24, 2.45) is 0 Å². The molecule has 0 aliphatic carbocycles. The summed E-state index contributed by atoms with van der Waals surface area (Å²) in [5.74, 6) is 3.23. The zero-order valence-corrected chi connectivity index (χ0v) is 16.7. The molecule has 27 heavy (non-hydrogen) atoms. The fraction of sp³-hybridized carbons (Fsp3) is 0.182. The number of ether oxygens (including phenoxy) is 4. The maximum Gasteiger partial charge on any atom is 0.208 e. The van der Waals surface area contributed by atoms with Gasteiger partial charge in [-0.1, -0.05) is 0 Å². The SMILES string of the molecule is COc1ccc([S+](c2ccc(OC)cc2)c2ccc(OC)cc2OC)cc1. The minimum absolute atomic E-state index is 0.348. The smallest absolute Gasteiger partial charge is 0.208 e. The van der Waals surface area contributed by atoms with Gasteiger partial charge in [0, 0.05) is 12.1 Å². The first-order valence-electron chi connectivity index (χ1n) is 8.44. The molecule has 0 radical (unpaired) electrons. The molecule has 0 fully saturated rings. The molecule has 5 heteroatoms. The third-order valence-corrected chi connectivity index (χ3v) is 6.45. The predicted molar refractivity (Wildman–Crippen MR) is 108 cm³/mol. The van der Waals surface area contributed by atoms with Gasteiger partial charge >= 0.3 is 0 Å². The Bertz CT molecular complexity index is 828. The quantitative estimate of drug-likeness (QED) is 0.548. The van der Waals surface area contributed by atoms with Crippen molar-refractivity contribution in [3.8, 4) is 23.0 Å². The van der Waals surface area contributed by atoms with Crippen LogP contribution in [0.2, 0.25) is 0 Å². The number of methoxy groups -OCH3 is 4. The Hall–Kier alpha value is -2.79. The van der Waals surface area contributed by atoms with Gasteiger partial charge in [0.2, 0.25) is 4.90 Å². The van der Waals surface area contributed by atoms with Crippen molar-refractivity contribution in [2.75, 3.05) is 28.4 Å². The van der Waals surface area contributed by atoms with Gasteiger partial charge in [-0.2, -0.15) is 0 Å². The van der Waals surface area contributed by atoms with Gasteiger partial charge in [-0.3, -0.25) is 0 Å². The van der Waals surface area contributed by atoms with Crippen molar-refractivity contribution < 1.29 is 18.9 Å². The Morgan fingerprint density at radius 3 is 1.37 bits per heavy atom. The molecule has 0 heterocycles. The molecule has 0 spiro atoms. The van der Waals surface area contributed by atoms with E-state index in [0.717, 1.165) is 27.9 Å². The zero-order chi connectivity index (χ0) is 19.2. The van der Waals surface area contributed by atoms with Gasteiger partial charge in [-0.05, 0) is 54.6 Å². The van der Waals surface area contributed by atoms with E-state index in [9.17, 15) is 0 Å². The van der Waals surface area contributed by atoms with Gasteiger partial charge in [-0.15, -0.1) is 0 Å². The van der Waals surface area contributed by atoms with Crippen LogP contribution < -0.4 is 18.9 Å². The largest absolute Gasteiger partial charge is 0.497 e. The standard InChI is InChI=1S/C22H23O4S/c1-23-16-5-10-19(11-6-16)27(20-12-7-17(24-2)8-13-20)22-14-9-18(25-3)15-21(22)26-4/h5-15H,1-4H3/q+1. The summed E-state index contributed by atoms with van der Waals surface area (Å²) >= 11 is 0. The van der Waals surface area contributed by atoms with Crippen molar-refractivity contribution in [3.05, 3.63) is 66.7 Å². The van der Waals surface area contributed by atoms with Crippen LogP contribution >= 0.6 is 0 Å². The Kier molecular flexibility index (Phi) is 6.14. The maximum atomic E-state index is 5.68. The lowest BCUT2D eigenvalue weighted by Crippen LogP contribution is -2.07. The van der Waals surface area contributed by atoms with Crippen molar-refractivity contribution >= 4 is 10.9 Å². The second-order valence-corrected chi connectivity index (χ2v) is 7.67.